The van der Waals surface area contributed by atoms with E-state index >= 15 is 0 Å². The highest BCUT2D eigenvalue weighted by Gasteiger charge is 2.32. The van der Waals surface area contributed by atoms with Crippen LogP contribution in [0.5, 0.6) is 0 Å². The third-order valence-corrected chi connectivity index (χ3v) is 4.88. The molecular weight excluding hydrogens is 351 g/mol. The Morgan fingerprint density at radius 2 is 2.08 bits per heavy atom. The molecule has 1 N–H and O–H groups in total. The lowest BCUT2D eigenvalue weighted by atomic mass is 9.85. The van der Waals surface area contributed by atoms with Crippen molar-refractivity contribution in [2.75, 3.05) is 19.6 Å². The highest BCUT2D eigenvalue weighted by atomic mass is 35.5. The molecule has 24 heavy (non-hydrogen) atoms. The van der Waals surface area contributed by atoms with Crippen LogP contribution in [-0.4, -0.2) is 46.0 Å². The van der Waals surface area contributed by atoms with Gasteiger partial charge in [-0.25, -0.2) is 4.79 Å². The van der Waals surface area contributed by atoms with Crippen molar-refractivity contribution < 1.29 is 4.79 Å². The van der Waals surface area contributed by atoms with Gasteiger partial charge < -0.3 is 10.2 Å². The molecule has 1 aromatic rings. The zero-order valence-electron chi connectivity index (χ0n) is 14.2. The lowest BCUT2D eigenvalue weighted by Crippen LogP contribution is -2.54. The smallest absolute Gasteiger partial charge is 0.341 e. The van der Waals surface area contributed by atoms with Crippen LogP contribution < -0.4 is 11.0 Å². The van der Waals surface area contributed by atoms with E-state index in [1.165, 1.54) is 17.4 Å². The van der Waals surface area contributed by atoms with Crippen LogP contribution >= 0.6 is 24.8 Å². The Morgan fingerprint density at radius 1 is 1.33 bits per heavy atom. The van der Waals surface area contributed by atoms with E-state index < -0.39 is 0 Å². The zero-order chi connectivity index (χ0) is 15.7. The van der Waals surface area contributed by atoms with Crippen molar-refractivity contribution in [2.45, 2.75) is 45.7 Å². The fraction of sp³-hybridized carbons (Fsp3) is 0.688. The highest BCUT2D eigenvalue weighted by Crippen LogP contribution is 2.24. The third kappa shape index (κ3) is 4.49. The van der Waals surface area contributed by atoms with Crippen LogP contribution in [0, 0.1) is 19.8 Å². The van der Waals surface area contributed by atoms with E-state index in [2.05, 4.69) is 10.3 Å². The van der Waals surface area contributed by atoms with Gasteiger partial charge in [-0.2, -0.15) is 4.98 Å². The number of carbonyl (C=O) groups is 1. The van der Waals surface area contributed by atoms with Gasteiger partial charge in [0.1, 0.15) is 6.54 Å². The third-order valence-electron chi connectivity index (χ3n) is 4.88. The Morgan fingerprint density at radius 3 is 2.79 bits per heavy atom. The number of carbonyl (C=O) groups excluding carboxylic acids is 1. The van der Waals surface area contributed by atoms with Gasteiger partial charge in [0.05, 0.1) is 0 Å². The molecular formula is C16H26Cl2N4O2. The second kappa shape index (κ2) is 8.83. The topological polar surface area (TPSA) is 67.2 Å². The number of hydrogen-bond donors (Lipinski definition) is 1. The molecule has 6 nitrogen and oxygen atoms in total. The number of likely N-dealkylation sites (tertiary alicyclic amines) is 1. The maximum absolute atomic E-state index is 12.5. The molecule has 8 heteroatoms. The zero-order valence-corrected chi connectivity index (χ0v) is 15.8. The number of nitrogens with one attached hydrogen (secondary N) is 1. The minimum atomic E-state index is -0.333. The average molecular weight is 377 g/mol. The van der Waals surface area contributed by atoms with Crippen LogP contribution in [0.2, 0.25) is 0 Å². The molecule has 136 valence electrons. The molecule has 0 radical (unpaired) electrons. The van der Waals surface area contributed by atoms with Crippen molar-refractivity contribution >= 4 is 30.7 Å². The number of aromatic nitrogens is 2. The standard InChI is InChI=1S/C16H24N4O2.2ClH/c1-11-8-12(2)20(16(22)18-11)10-15(21)19-7-5-14-13(9-19)4-3-6-17-14;;/h8,13-14,17H,3-7,9-10H2,1-2H3;2*1H/t13-,14+;;/m1../s1. The first-order valence-electron chi connectivity index (χ1n) is 8.11. The maximum Gasteiger partial charge on any atom is 0.348 e. The van der Waals surface area contributed by atoms with Crippen LogP contribution in [0.1, 0.15) is 30.7 Å². The lowest BCUT2D eigenvalue weighted by Gasteiger charge is -2.41. The summed E-state index contributed by atoms with van der Waals surface area (Å²) in [6.07, 6.45) is 3.38. The Kier molecular flexibility index (Phi) is 7.70. The average Bonchev–Trinajstić information content (AvgIpc) is 2.50. The fourth-order valence-corrected chi connectivity index (χ4v) is 3.67. The number of piperidine rings is 2. The Bertz CT molecular complexity index is 635. The predicted molar refractivity (Wildman–Crippen MR) is 98.2 cm³/mol. The largest absolute Gasteiger partial charge is 0.348 e. The first kappa shape index (κ1) is 20.9. The highest BCUT2D eigenvalue weighted by molar-refractivity contribution is 5.85. The number of amides is 1. The Labute approximate surface area is 154 Å². The second-order valence-electron chi connectivity index (χ2n) is 6.50. The van der Waals surface area contributed by atoms with Crippen LogP contribution in [0.4, 0.5) is 0 Å². The number of rotatable bonds is 2. The molecule has 2 aliphatic heterocycles. The van der Waals surface area contributed by atoms with Crippen molar-refractivity contribution in [1.82, 2.24) is 19.8 Å². The van der Waals surface area contributed by atoms with Crippen molar-refractivity contribution in [3.63, 3.8) is 0 Å². The van der Waals surface area contributed by atoms with E-state index in [9.17, 15) is 9.59 Å². The molecule has 2 saturated heterocycles. The van der Waals surface area contributed by atoms with Gasteiger partial charge >= 0.3 is 5.69 Å². The number of fused-ring (bicyclic) bond motifs is 1. The summed E-state index contributed by atoms with van der Waals surface area (Å²) >= 11 is 0. The SMILES string of the molecule is Cc1cc(C)n(CC(=O)N2CC[C@@H]3NCCC[C@@H]3C2)c(=O)n1.Cl.Cl. The second-order valence-corrected chi connectivity index (χ2v) is 6.50. The normalized spacial score (nSPS) is 22.8. The first-order valence-corrected chi connectivity index (χ1v) is 8.11. The van der Waals surface area contributed by atoms with Gasteiger partial charge in [-0.1, -0.05) is 0 Å². The van der Waals surface area contributed by atoms with Crippen LogP contribution in [0.3, 0.4) is 0 Å². The molecule has 1 amide bonds. The van der Waals surface area contributed by atoms with E-state index in [1.807, 2.05) is 17.9 Å². The molecule has 0 unspecified atom stereocenters. The quantitative estimate of drug-likeness (QED) is 0.844. The molecule has 1 aromatic heterocycles. The summed E-state index contributed by atoms with van der Waals surface area (Å²) in [5, 5.41) is 3.55. The monoisotopic (exact) mass is 376 g/mol. The molecule has 0 saturated carbocycles. The van der Waals surface area contributed by atoms with E-state index in [4.69, 9.17) is 0 Å². The van der Waals surface area contributed by atoms with E-state index in [-0.39, 0.29) is 43.0 Å². The Hall–Kier alpha value is -1.11. The van der Waals surface area contributed by atoms with Crippen molar-refractivity contribution in [1.29, 1.82) is 0 Å². The predicted octanol–water partition coefficient (Wildman–Crippen LogP) is 1.30. The Balaban J connectivity index is 0.00000144. The first-order chi connectivity index (χ1) is 10.5. The fourth-order valence-electron chi connectivity index (χ4n) is 3.67. The van der Waals surface area contributed by atoms with Gasteiger partial charge in [-0.3, -0.25) is 9.36 Å². The summed E-state index contributed by atoms with van der Waals surface area (Å²) < 4.78 is 1.47. The number of aryl methyl sites for hydroxylation is 2. The van der Waals surface area contributed by atoms with Crippen molar-refractivity contribution in [2.24, 2.45) is 5.92 Å². The van der Waals surface area contributed by atoms with E-state index in [0.717, 1.165) is 31.7 Å². The number of halogens is 2. The van der Waals surface area contributed by atoms with E-state index in [1.54, 1.807) is 6.92 Å². The molecule has 0 aliphatic carbocycles. The van der Waals surface area contributed by atoms with Crippen molar-refractivity contribution in [3.8, 4) is 0 Å². The van der Waals surface area contributed by atoms with Gasteiger partial charge in [-0.15, -0.1) is 24.8 Å². The molecule has 2 fully saturated rings. The molecule has 3 rings (SSSR count). The lowest BCUT2D eigenvalue weighted by molar-refractivity contribution is -0.134. The molecule has 3 heterocycles. The molecule has 0 bridgehead atoms. The number of hydrogen-bond acceptors (Lipinski definition) is 4. The van der Waals surface area contributed by atoms with Crippen molar-refractivity contribution in [3.05, 3.63) is 27.9 Å². The van der Waals surface area contributed by atoms with Gasteiger partial charge in [0, 0.05) is 30.5 Å². The molecule has 2 atom stereocenters. The summed E-state index contributed by atoms with van der Waals surface area (Å²) in [6, 6.07) is 2.40. The van der Waals surface area contributed by atoms with E-state index in [0.29, 0.717) is 17.7 Å². The maximum atomic E-state index is 12.5. The summed E-state index contributed by atoms with van der Waals surface area (Å²) in [5.41, 5.74) is 1.15. The summed E-state index contributed by atoms with van der Waals surface area (Å²) in [4.78, 5) is 30.4. The van der Waals surface area contributed by atoms with Crippen LogP contribution in [0.15, 0.2) is 10.9 Å². The molecule has 0 aromatic carbocycles. The summed E-state index contributed by atoms with van der Waals surface area (Å²) in [7, 11) is 0. The van der Waals surface area contributed by atoms with Crippen LogP contribution in [0.25, 0.3) is 0 Å². The van der Waals surface area contributed by atoms with Gasteiger partial charge in [0.15, 0.2) is 0 Å². The van der Waals surface area contributed by atoms with Gasteiger partial charge in [0.2, 0.25) is 5.91 Å². The van der Waals surface area contributed by atoms with Gasteiger partial charge in [0.25, 0.3) is 0 Å². The molecule has 2 aliphatic rings. The minimum absolute atomic E-state index is 0. The summed E-state index contributed by atoms with van der Waals surface area (Å²) in [6.45, 7) is 6.42. The van der Waals surface area contributed by atoms with Crippen LogP contribution in [-0.2, 0) is 11.3 Å². The minimum Gasteiger partial charge on any atom is -0.341 e. The number of nitrogens with zero attached hydrogens (tertiary/aromatic N) is 3. The van der Waals surface area contributed by atoms with Gasteiger partial charge in [-0.05, 0) is 51.6 Å². The molecule has 0 spiro atoms. The summed E-state index contributed by atoms with van der Waals surface area (Å²) in [5.74, 6) is 0.584.